The van der Waals surface area contributed by atoms with Gasteiger partial charge in [-0.3, -0.25) is 0 Å². The minimum absolute atomic E-state index is 0.236. The molecule has 1 saturated heterocycles. The quantitative estimate of drug-likeness (QED) is 0.443. The van der Waals surface area contributed by atoms with Crippen molar-refractivity contribution in [2.45, 2.75) is 32.8 Å². The molecule has 1 atom stereocenters. The van der Waals surface area contributed by atoms with E-state index >= 15 is 0 Å². The second-order valence-electron chi connectivity index (χ2n) is 3.01. The Labute approximate surface area is 72.4 Å². The Bertz CT molecular complexity index is 218. The van der Waals surface area contributed by atoms with E-state index in [0.717, 1.165) is 18.6 Å². The smallest absolute Gasteiger partial charge is 0.336 e. The molecule has 0 radical (unpaired) electrons. The monoisotopic (exact) mass is 170 g/mol. The zero-order valence-electron chi connectivity index (χ0n) is 7.72. The van der Waals surface area contributed by atoms with Crippen LogP contribution in [0.5, 0.6) is 0 Å². The minimum atomic E-state index is -0.292. The number of carbonyl (C=O) groups is 1. The Balaban J connectivity index is 2.70. The van der Waals surface area contributed by atoms with Gasteiger partial charge >= 0.3 is 5.97 Å². The first kappa shape index (κ1) is 9.10. The van der Waals surface area contributed by atoms with Crippen molar-refractivity contribution in [3.05, 3.63) is 11.3 Å². The van der Waals surface area contributed by atoms with Crippen molar-refractivity contribution in [3.8, 4) is 0 Å². The summed E-state index contributed by atoms with van der Waals surface area (Å²) in [6.45, 7) is 3.73. The van der Waals surface area contributed by atoms with Crippen molar-refractivity contribution in [3.63, 3.8) is 0 Å². The fourth-order valence-electron chi connectivity index (χ4n) is 1.24. The molecular formula is C9H14O3. The van der Waals surface area contributed by atoms with Crippen LogP contribution in [0.4, 0.5) is 0 Å². The first-order valence-electron chi connectivity index (χ1n) is 4.10. The van der Waals surface area contributed by atoms with Gasteiger partial charge in [-0.25, -0.2) is 4.79 Å². The third-order valence-electron chi connectivity index (χ3n) is 2.03. The third kappa shape index (κ3) is 1.78. The summed E-state index contributed by atoms with van der Waals surface area (Å²) in [4.78, 5) is 11.0. The van der Waals surface area contributed by atoms with Crippen LogP contribution in [0.3, 0.4) is 0 Å². The number of esters is 1. The second kappa shape index (κ2) is 3.61. The Morgan fingerprint density at radius 2 is 2.33 bits per heavy atom. The number of hydrogen-bond acceptors (Lipinski definition) is 3. The van der Waals surface area contributed by atoms with Crippen LogP contribution in [0.15, 0.2) is 11.3 Å². The zero-order chi connectivity index (χ0) is 9.14. The van der Waals surface area contributed by atoms with Crippen LogP contribution in [-0.2, 0) is 14.3 Å². The number of ether oxygens (including phenoxy) is 2. The topological polar surface area (TPSA) is 35.5 Å². The van der Waals surface area contributed by atoms with Crippen LogP contribution in [0.1, 0.15) is 26.7 Å². The highest BCUT2D eigenvalue weighted by Gasteiger charge is 2.21. The van der Waals surface area contributed by atoms with Gasteiger partial charge in [0.05, 0.1) is 18.8 Å². The first-order valence-corrected chi connectivity index (χ1v) is 4.10. The summed E-state index contributed by atoms with van der Waals surface area (Å²) in [6.07, 6.45) is 2.07. The molecule has 0 bridgehead atoms. The fraction of sp³-hybridized carbons (Fsp3) is 0.667. The van der Waals surface area contributed by atoms with Crippen LogP contribution < -0.4 is 0 Å². The number of rotatable bonds is 1. The van der Waals surface area contributed by atoms with Crippen LogP contribution in [-0.4, -0.2) is 19.2 Å². The van der Waals surface area contributed by atoms with Gasteiger partial charge < -0.3 is 9.47 Å². The molecule has 1 rings (SSSR count). The Morgan fingerprint density at radius 3 is 2.75 bits per heavy atom. The molecule has 0 N–H and O–H groups in total. The lowest BCUT2D eigenvalue weighted by molar-refractivity contribution is -0.136. The molecule has 1 aliphatic rings. The van der Waals surface area contributed by atoms with Crippen molar-refractivity contribution in [1.82, 2.24) is 0 Å². The van der Waals surface area contributed by atoms with E-state index in [1.165, 1.54) is 7.11 Å². The standard InChI is InChI=1S/C9H14O3/c1-6-4-5-8(12-6)7(2)9(10)11-3/h6H,4-5H2,1-3H3/b8-7+. The average molecular weight is 170 g/mol. The summed E-state index contributed by atoms with van der Waals surface area (Å²) in [5.41, 5.74) is 0.599. The Hall–Kier alpha value is -0.990. The van der Waals surface area contributed by atoms with E-state index in [0.29, 0.717) is 5.57 Å². The van der Waals surface area contributed by atoms with Gasteiger partial charge in [-0.15, -0.1) is 0 Å². The summed E-state index contributed by atoms with van der Waals surface area (Å²) in [6, 6.07) is 0. The molecule has 68 valence electrons. The van der Waals surface area contributed by atoms with E-state index in [9.17, 15) is 4.79 Å². The van der Waals surface area contributed by atoms with Crippen LogP contribution >= 0.6 is 0 Å². The van der Waals surface area contributed by atoms with Gasteiger partial charge in [0.25, 0.3) is 0 Å². The van der Waals surface area contributed by atoms with Gasteiger partial charge in [0.15, 0.2) is 0 Å². The molecule has 0 aliphatic carbocycles. The molecule has 0 aromatic heterocycles. The maximum absolute atomic E-state index is 11.0. The van der Waals surface area contributed by atoms with Gasteiger partial charge in [0, 0.05) is 6.42 Å². The number of carbonyl (C=O) groups excluding carboxylic acids is 1. The normalized spacial score (nSPS) is 26.4. The van der Waals surface area contributed by atoms with Gasteiger partial charge in [-0.05, 0) is 20.3 Å². The molecule has 0 aromatic carbocycles. The Morgan fingerprint density at radius 1 is 1.67 bits per heavy atom. The molecule has 0 spiro atoms. The number of methoxy groups -OCH3 is 1. The van der Waals surface area contributed by atoms with Crippen LogP contribution in [0, 0.1) is 0 Å². The van der Waals surface area contributed by atoms with Gasteiger partial charge in [-0.1, -0.05) is 0 Å². The van der Waals surface area contributed by atoms with E-state index < -0.39 is 0 Å². The molecule has 3 heteroatoms. The van der Waals surface area contributed by atoms with E-state index in [1.807, 2.05) is 6.92 Å². The van der Waals surface area contributed by atoms with Crippen LogP contribution in [0.25, 0.3) is 0 Å². The molecule has 12 heavy (non-hydrogen) atoms. The first-order chi connectivity index (χ1) is 5.65. The maximum atomic E-state index is 11.0. The summed E-state index contributed by atoms with van der Waals surface area (Å²) >= 11 is 0. The largest absolute Gasteiger partial charge is 0.495 e. The van der Waals surface area contributed by atoms with E-state index in [2.05, 4.69) is 4.74 Å². The molecule has 0 aromatic rings. The predicted octanol–water partition coefficient (Wildman–Crippen LogP) is 1.63. The van der Waals surface area contributed by atoms with E-state index in [1.54, 1.807) is 6.92 Å². The van der Waals surface area contributed by atoms with Gasteiger partial charge in [-0.2, -0.15) is 0 Å². The van der Waals surface area contributed by atoms with E-state index in [4.69, 9.17) is 4.74 Å². The molecule has 3 nitrogen and oxygen atoms in total. The van der Waals surface area contributed by atoms with E-state index in [-0.39, 0.29) is 12.1 Å². The second-order valence-corrected chi connectivity index (χ2v) is 3.01. The molecule has 1 unspecified atom stereocenters. The summed E-state index contributed by atoms with van der Waals surface area (Å²) in [5.74, 6) is 0.494. The molecule has 0 amide bonds. The van der Waals surface area contributed by atoms with Gasteiger partial charge in [0.2, 0.25) is 0 Å². The SMILES string of the molecule is COC(=O)/C(C)=C1\CCC(C)O1. The maximum Gasteiger partial charge on any atom is 0.336 e. The zero-order valence-corrected chi connectivity index (χ0v) is 7.72. The number of allylic oxidation sites excluding steroid dienone is 1. The fourth-order valence-corrected chi connectivity index (χ4v) is 1.24. The minimum Gasteiger partial charge on any atom is -0.495 e. The van der Waals surface area contributed by atoms with Crippen molar-refractivity contribution >= 4 is 5.97 Å². The highest BCUT2D eigenvalue weighted by Crippen LogP contribution is 2.25. The van der Waals surface area contributed by atoms with Crippen molar-refractivity contribution in [1.29, 1.82) is 0 Å². The summed E-state index contributed by atoms with van der Waals surface area (Å²) in [5, 5.41) is 0. The summed E-state index contributed by atoms with van der Waals surface area (Å²) < 4.78 is 10.0. The highest BCUT2D eigenvalue weighted by atomic mass is 16.5. The number of hydrogen-bond donors (Lipinski definition) is 0. The lowest BCUT2D eigenvalue weighted by Crippen LogP contribution is -2.05. The predicted molar refractivity (Wildman–Crippen MR) is 44.5 cm³/mol. The molecule has 1 heterocycles. The molecule has 0 saturated carbocycles. The Kier molecular flexibility index (Phi) is 2.74. The molecule has 1 fully saturated rings. The van der Waals surface area contributed by atoms with Crippen molar-refractivity contribution in [2.75, 3.05) is 7.11 Å². The highest BCUT2D eigenvalue weighted by molar-refractivity contribution is 5.88. The lowest BCUT2D eigenvalue weighted by Gasteiger charge is -2.06. The average Bonchev–Trinajstić information content (AvgIpc) is 2.49. The van der Waals surface area contributed by atoms with Crippen LogP contribution in [0.2, 0.25) is 0 Å². The van der Waals surface area contributed by atoms with Crippen molar-refractivity contribution in [2.24, 2.45) is 0 Å². The van der Waals surface area contributed by atoms with Crippen molar-refractivity contribution < 1.29 is 14.3 Å². The third-order valence-corrected chi connectivity index (χ3v) is 2.03. The molecular weight excluding hydrogens is 156 g/mol. The summed E-state index contributed by atoms with van der Waals surface area (Å²) in [7, 11) is 1.38. The van der Waals surface area contributed by atoms with Gasteiger partial charge in [0.1, 0.15) is 5.76 Å². The lowest BCUT2D eigenvalue weighted by atomic mass is 10.2. The molecule has 1 aliphatic heterocycles.